The topological polar surface area (TPSA) is 58.2 Å². The molecule has 1 saturated heterocycles. The summed E-state index contributed by atoms with van der Waals surface area (Å²) in [6.45, 7) is 5.18. The van der Waals surface area contributed by atoms with Crippen molar-refractivity contribution in [2.45, 2.75) is 45.4 Å². The molecular formula is C16H25N3O2. The van der Waals surface area contributed by atoms with Crippen LogP contribution in [0.5, 0.6) is 0 Å². The normalized spacial score (nSPS) is 22.1. The summed E-state index contributed by atoms with van der Waals surface area (Å²) in [4.78, 5) is 14.7. The Morgan fingerprint density at radius 1 is 1.38 bits per heavy atom. The van der Waals surface area contributed by atoms with Crippen molar-refractivity contribution in [1.29, 1.82) is 0 Å². The third-order valence-corrected chi connectivity index (χ3v) is 4.62. The van der Waals surface area contributed by atoms with Crippen LogP contribution >= 0.6 is 0 Å². The maximum atomic E-state index is 12.8. The van der Waals surface area contributed by atoms with Gasteiger partial charge in [-0.15, -0.1) is 0 Å². The number of ether oxygens (including phenoxy) is 1. The van der Waals surface area contributed by atoms with Crippen molar-refractivity contribution in [1.82, 2.24) is 15.1 Å². The molecule has 1 aromatic heterocycles. The van der Waals surface area contributed by atoms with Crippen LogP contribution in [0, 0.1) is 5.92 Å². The van der Waals surface area contributed by atoms with Crippen molar-refractivity contribution in [2.24, 2.45) is 5.92 Å². The fourth-order valence-electron chi connectivity index (χ4n) is 3.48. The van der Waals surface area contributed by atoms with Gasteiger partial charge in [-0.1, -0.05) is 0 Å². The van der Waals surface area contributed by atoms with Crippen molar-refractivity contribution in [3.8, 4) is 0 Å². The van der Waals surface area contributed by atoms with Gasteiger partial charge in [0.05, 0.1) is 6.61 Å². The fraction of sp³-hybridized carbons (Fsp3) is 0.750. The van der Waals surface area contributed by atoms with Gasteiger partial charge >= 0.3 is 0 Å². The average Bonchev–Trinajstić information content (AvgIpc) is 2.96. The molecule has 1 amide bonds. The van der Waals surface area contributed by atoms with Crippen LogP contribution in [0.15, 0.2) is 0 Å². The molecule has 1 N–H and O–H groups in total. The standard InChI is InChI=1S/C16H25N3O2/c1-2-21-11-12-6-5-9-19(10-12)16(20)15-13-7-3-4-8-14(13)17-18-15/h12H,2-11H2,1H3,(H,17,18). The maximum Gasteiger partial charge on any atom is 0.274 e. The van der Waals surface area contributed by atoms with E-state index in [4.69, 9.17) is 4.74 Å². The molecule has 5 heteroatoms. The largest absolute Gasteiger partial charge is 0.381 e. The Labute approximate surface area is 126 Å². The minimum absolute atomic E-state index is 0.107. The summed E-state index contributed by atoms with van der Waals surface area (Å²) in [6, 6.07) is 0. The van der Waals surface area contributed by atoms with Crippen LogP contribution in [-0.2, 0) is 17.6 Å². The SMILES string of the molecule is CCOCC1CCCN(C(=O)c2n[nH]c3c2CCCC3)C1. The molecule has 5 nitrogen and oxygen atoms in total. The Bertz CT molecular complexity index is 498. The molecule has 0 bridgehead atoms. The first kappa shape index (κ1) is 14.6. The van der Waals surface area contributed by atoms with E-state index in [0.717, 1.165) is 57.6 Å². The van der Waals surface area contributed by atoms with Crippen molar-refractivity contribution in [3.05, 3.63) is 17.0 Å². The number of aromatic amines is 1. The van der Waals surface area contributed by atoms with Gasteiger partial charge in [-0.05, 0) is 51.4 Å². The van der Waals surface area contributed by atoms with Gasteiger partial charge in [0.2, 0.25) is 0 Å². The average molecular weight is 291 g/mol. The Balaban J connectivity index is 1.68. The van der Waals surface area contributed by atoms with Crippen LogP contribution in [-0.4, -0.2) is 47.3 Å². The summed E-state index contributed by atoms with van der Waals surface area (Å²) in [6.07, 6.45) is 6.60. The first-order chi connectivity index (χ1) is 10.3. The molecule has 2 heterocycles. The van der Waals surface area contributed by atoms with Crippen LogP contribution in [0.2, 0.25) is 0 Å². The van der Waals surface area contributed by atoms with E-state index in [-0.39, 0.29) is 5.91 Å². The molecule has 21 heavy (non-hydrogen) atoms. The molecule has 0 radical (unpaired) electrons. The number of carbonyl (C=O) groups excluding carboxylic acids is 1. The number of carbonyl (C=O) groups is 1. The molecule has 1 fully saturated rings. The van der Waals surface area contributed by atoms with E-state index in [9.17, 15) is 4.79 Å². The zero-order valence-electron chi connectivity index (χ0n) is 12.9. The third-order valence-electron chi connectivity index (χ3n) is 4.62. The van der Waals surface area contributed by atoms with Gasteiger partial charge in [0.1, 0.15) is 0 Å². The highest BCUT2D eigenvalue weighted by Gasteiger charge is 2.29. The van der Waals surface area contributed by atoms with Gasteiger partial charge in [0.25, 0.3) is 5.91 Å². The highest BCUT2D eigenvalue weighted by atomic mass is 16.5. The lowest BCUT2D eigenvalue weighted by molar-refractivity contribution is 0.0496. The van der Waals surface area contributed by atoms with Gasteiger partial charge < -0.3 is 9.64 Å². The van der Waals surface area contributed by atoms with Gasteiger partial charge in [-0.3, -0.25) is 9.89 Å². The number of likely N-dealkylation sites (tertiary alicyclic amines) is 1. The summed E-state index contributed by atoms with van der Waals surface area (Å²) in [5.74, 6) is 0.577. The quantitative estimate of drug-likeness (QED) is 0.925. The van der Waals surface area contributed by atoms with E-state index < -0.39 is 0 Å². The number of piperidine rings is 1. The minimum Gasteiger partial charge on any atom is -0.381 e. The van der Waals surface area contributed by atoms with Gasteiger partial charge in [-0.2, -0.15) is 5.10 Å². The smallest absolute Gasteiger partial charge is 0.274 e. The van der Waals surface area contributed by atoms with Gasteiger partial charge in [0, 0.05) is 31.0 Å². The number of hydrogen-bond donors (Lipinski definition) is 1. The number of aryl methyl sites for hydroxylation is 1. The summed E-state index contributed by atoms with van der Waals surface area (Å²) in [5.41, 5.74) is 3.01. The van der Waals surface area contributed by atoms with Crippen LogP contribution in [0.25, 0.3) is 0 Å². The van der Waals surface area contributed by atoms with Crippen LogP contribution < -0.4 is 0 Å². The van der Waals surface area contributed by atoms with E-state index in [1.165, 1.54) is 18.5 Å². The number of amides is 1. The predicted octanol–water partition coefficient (Wildman–Crippen LogP) is 2.18. The van der Waals surface area contributed by atoms with Gasteiger partial charge in [-0.25, -0.2) is 0 Å². The number of hydrogen-bond acceptors (Lipinski definition) is 3. The molecule has 3 rings (SSSR count). The van der Waals surface area contributed by atoms with Crippen molar-refractivity contribution in [3.63, 3.8) is 0 Å². The number of nitrogens with one attached hydrogen (secondary N) is 1. The van der Waals surface area contributed by atoms with E-state index in [0.29, 0.717) is 11.6 Å². The lowest BCUT2D eigenvalue weighted by Crippen LogP contribution is -2.41. The Morgan fingerprint density at radius 3 is 3.10 bits per heavy atom. The summed E-state index contributed by atoms with van der Waals surface area (Å²) < 4.78 is 5.52. The lowest BCUT2D eigenvalue weighted by Gasteiger charge is -2.32. The Morgan fingerprint density at radius 2 is 2.24 bits per heavy atom. The molecule has 1 unspecified atom stereocenters. The van der Waals surface area contributed by atoms with E-state index >= 15 is 0 Å². The van der Waals surface area contributed by atoms with Crippen molar-refractivity contribution in [2.75, 3.05) is 26.3 Å². The zero-order valence-corrected chi connectivity index (χ0v) is 12.9. The summed E-state index contributed by atoms with van der Waals surface area (Å²) in [5, 5.41) is 7.38. The number of nitrogens with zero attached hydrogens (tertiary/aromatic N) is 2. The van der Waals surface area contributed by atoms with Crippen molar-refractivity contribution >= 4 is 5.91 Å². The minimum atomic E-state index is 0.107. The molecule has 1 atom stereocenters. The molecule has 1 aromatic rings. The Kier molecular flexibility index (Phi) is 4.58. The Hall–Kier alpha value is -1.36. The second-order valence-electron chi connectivity index (χ2n) is 6.16. The molecule has 2 aliphatic rings. The highest BCUT2D eigenvalue weighted by Crippen LogP contribution is 2.25. The molecule has 0 saturated carbocycles. The molecular weight excluding hydrogens is 266 g/mol. The van der Waals surface area contributed by atoms with Crippen molar-refractivity contribution < 1.29 is 9.53 Å². The number of rotatable bonds is 4. The summed E-state index contributed by atoms with van der Waals surface area (Å²) >= 11 is 0. The zero-order chi connectivity index (χ0) is 14.7. The molecule has 1 aliphatic carbocycles. The van der Waals surface area contributed by atoms with E-state index in [1.54, 1.807) is 0 Å². The van der Waals surface area contributed by atoms with Crippen LogP contribution in [0.4, 0.5) is 0 Å². The third kappa shape index (κ3) is 3.12. The molecule has 116 valence electrons. The van der Waals surface area contributed by atoms with Crippen LogP contribution in [0.3, 0.4) is 0 Å². The molecule has 1 aliphatic heterocycles. The number of fused-ring (bicyclic) bond motifs is 1. The second-order valence-corrected chi connectivity index (χ2v) is 6.16. The predicted molar refractivity (Wildman–Crippen MR) is 80.4 cm³/mol. The first-order valence-electron chi connectivity index (χ1n) is 8.22. The first-order valence-corrected chi connectivity index (χ1v) is 8.22. The van der Waals surface area contributed by atoms with E-state index in [2.05, 4.69) is 10.2 Å². The number of H-pyrrole nitrogens is 1. The molecule has 0 spiro atoms. The fourth-order valence-corrected chi connectivity index (χ4v) is 3.48. The van der Waals surface area contributed by atoms with Gasteiger partial charge in [0.15, 0.2) is 5.69 Å². The number of aromatic nitrogens is 2. The highest BCUT2D eigenvalue weighted by molar-refractivity contribution is 5.94. The summed E-state index contributed by atoms with van der Waals surface area (Å²) in [7, 11) is 0. The monoisotopic (exact) mass is 291 g/mol. The maximum absolute atomic E-state index is 12.8. The van der Waals surface area contributed by atoms with Crippen LogP contribution in [0.1, 0.15) is 54.4 Å². The lowest BCUT2D eigenvalue weighted by atomic mass is 9.94. The molecule has 0 aromatic carbocycles. The second kappa shape index (κ2) is 6.60. The van der Waals surface area contributed by atoms with E-state index in [1.807, 2.05) is 11.8 Å².